The number of halogens is 3. The van der Waals surface area contributed by atoms with Crippen LogP contribution in [0.2, 0.25) is 0 Å². The normalized spacial score (nSPS) is 17.4. The number of alkyl halides is 3. The molecule has 0 spiro atoms. The number of ketones is 1. The van der Waals surface area contributed by atoms with E-state index in [1.807, 2.05) is 13.0 Å². The molecule has 2 unspecified atom stereocenters. The van der Waals surface area contributed by atoms with E-state index >= 15 is 0 Å². The highest BCUT2D eigenvalue weighted by molar-refractivity contribution is 8.15. The van der Waals surface area contributed by atoms with Gasteiger partial charge >= 0.3 is 12.1 Å². The number of ether oxygens (including phenoxy) is 2. The Morgan fingerprint density at radius 2 is 1.79 bits per heavy atom. The molecule has 5 nitrogen and oxygen atoms in total. The van der Waals surface area contributed by atoms with Crippen molar-refractivity contribution in [2.24, 2.45) is 10.9 Å². The summed E-state index contributed by atoms with van der Waals surface area (Å²) in [6.07, 6.45) is -1.89. The van der Waals surface area contributed by atoms with Gasteiger partial charge < -0.3 is 9.47 Å². The second-order valence-electron chi connectivity index (χ2n) is 9.53. The first-order valence-corrected chi connectivity index (χ1v) is 13.8. The molecule has 0 aromatic heterocycles. The molecule has 1 aliphatic rings. The maximum absolute atomic E-state index is 13.1. The van der Waals surface area contributed by atoms with Gasteiger partial charge in [0.05, 0.1) is 23.3 Å². The molecule has 0 N–H and O–H groups in total. The van der Waals surface area contributed by atoms with Crippen LogP contribution < -0.4 is 4.74 Å². The van der Waals surface area contributed by atoms with Crippen molar-refractivity contribution in [2.45, 2.75) is 70.8 Å². The van der Waals surface area contributed by atoms with Gasteiger partial charge in [-0.25, -0.2) is 4.79 Å². The van der Waals surface area contributed by atoms with Gasteiger partial charge in [-0.05, 0) is 61.6 Å². The lowest BCUT2D eigenvalue weighted by Gasteiger charge is -2.20. The number of rotatable bonds is 12. The molecule has 9 heteroatoms. The Balaban J connectivity index is 1.66. The van der Waals surface area contributed by atoms with Gasteiger partial charge in [0.25, 0.3) is 0 Å². The molecule has 0 saturated heterocycles. The smallest absolute Gasteiger partial charge is 0.416 e. The minimum atomic E-state index is -4.38. The van der Waals surface area contributed by atoms with Crippen LogP contribution >= 0.6 is 11.8 Å². The molecule has 1 aliphatic heterocycles. The zero-order chi connectivity index (χ0) is 27.9. The van der Waals surface area contributed by atoms with Crippen molar-refractivity contribution in [1.82, 2.24) is 0 Å². The molecule has 0 radical (unpaired) electrons. The van der Waals surface area contributed by atoms with Crippen LogP contribution in [0.4, 0.5) is 13.2 Å². The number of carbonyl (C=O) groups excluding carboxylic acids is 2. The Hall–Kier alpha value is -2.81. The quantitative estimate of drug-likeness (QED) is 0.208. The molecule has 0 amide bonds. The predicted octanol–water partition coefficient (Wildman–Crippen LogP) is 7.15. The Morgan fingerprint density at radius 3 is 2.39 bits per heavy atom. The van der Waals surface area contributed by atoms with Crippen molar-refractivity contribution in [2.75, 3.05) is 13.2 Å². The van der Waals surface area contributed by atoms with Crippen LogP contribution in [-0.2, 0) is 22.1 Å². The van der Waals surface area contributed by atoms with E-state index in [4.69, 9.17) is 14.5 Å². The van der Waals surface area contributed by atoms with Crippen molar-refractivity contribution in [1.29, 1.82) is 0 Å². The van der Waals surface area contributed by atoms with Crippen LogP contribution in [0.25, 0.3) is 0 Å². The zero-order valence-corrected chi connectivity index (χ0v) is 23.0. The van der Waals surface area contributed by atoms with Gasteiger partial charge in [0, 0.05) is 22.8 Å². The van der Waals surface area contributed by atoms with E-state index in [0.29, 0.717) is 41.2 Å². The molecular weight excluding hydrogens is 515 g/mol. The SMILES string of the molecule is CCCc1cc(C(=O)CCC2SC(c3ccc(C(F)(F)F)cc3)=NC2C(C)C)ccc1OCC(=O)OCC. The van der Waals surface area contributed by atoms with Gasteiger partial charge in [0.15, 0.2) is 12.4 Å². The van der Waals surface area contributed by atoms with Crippen LogP contribution in [0, 0.1) is 5.92 Å². The summed E-state index contributed by atoms with van der Waals surface area (Å²) >= 11 is 1.53. The van der Waals surface area contributed by atoms with Crippen LogP contribution in [0.3, 0.4) is 0 Å². The lowest BCUT2D eigenvalue weighted by Crippen LogP contribution is -2.24. The van der Waals surface area contributed by atoms with Gasteiger partial charge in [0.2, 0.25) is 0 Å². The molecule has 1 heterocycles. The number of aliphatic imine (C=N–C) groups is 1. The molecular formula is C29H34F3NO4S. The highest BCUT2D eigenvalue weighted by Gasteiger charge is 2.34. The summed E-state index contributed by atoms with van der Waals surface area (Å²) in [5.74, 6) is 0.353. The van der Waals surface area contributed by atoms with Crippen molar-refractivity contribution in [3.05, 3.63) is 64.7 Å². The molecule has 0 bridgehead atoms. The molecule has 0 saturated carbocycles. The number of hydrogen-bond donors (Lipinski definition) is 0. The number of carbonyl (C=O) groups is 2. The largest absolute Gasteiger partial charge is 0.482 e. The molecule has 3 rings (SSSR count). The van der Waals surface area contributed by atoms with E-state index in [1.54, 1.807) is 19.1 Å². The third-order valence-electron chi connectivity index (χ3n) is 6.26. The number of benzene rings is 2. The lowest BCUT2D eigenvalue weighted by molar-refractivity contribution is -0.145. The third kappa shape index (κ3) is 7.85. The second-order valence-corrected chi connectivity index (χ2v) is 10.8. The molecule has 2 aromatic carbocycles. The van der Waals surface area contributed by atoms with Crippen molar-refractivity contribution in [3.63, 3.8) is 0 Å². The van der Waals surface area contributed by atoms with Crippen LogP contribution in [0.1, 0.15) is 74.0 Å². The maximum Gasteiger partial charge on any atom is 0.416 e. The van der Waals surface area contributed by atoms with E-state index < -0.39 is 17.7 Å². The first-order valence-electron chi connectivity index (χ1n) is 12.9. The Bertz CT molecular complexity index is 1150. The second kappa shape index (κ2) is 13.3. The fraction of sp³-hybridized carbons (Fsp3) is 0.483. The van der Waals surface area contributed by atoms with E-state index in [1.165, 1.54) is 23.9 Å². The van der Waals surface area contributed by atoms with E-state index in [0.717, 1.165) is 24.1 Å². The van der Waals surface area contributed by atoms with E-state index in [2.05, 4.69) is 13.8 Å². The average molecular weight is 550 g/mol. The predicted molar refractivity (Wildman–Crippen MR) is 144 cm³/mol. The van der Waals surface area contributed by atoms with E-state index in [-0.39, 0.29) is 36.2 Å². The highest BCUT2D eigenvalue weighted by atomic mass is 32.2. The summed E-state index contributed by atoms with van der Waals surface area (Å²) < 4.78 is 49.4. The summed E-state index contributed by atoms with van der Waals surface area (Å²) in [6.45, 7) is 7.98. The fourth-order valence-electron chi connectivity index (χ4n) is 4.33. The highest BCUT2D eigenvalue weighted by Crippen LogP contribution is 2.38. The van der Waals surface area contributed by atoms with Gasteiger partial charge in [-0.3, -0.25) is 9.79 Å². The minimum Gasteiger partial charge on any atom is -0.482 e. The van der Waals surface area contributed by atoms with E-state index in [9.17, 15) is 22.8 Å². The molecule has 38 heavy (non-hydrogen) atoms. The standard InChI is InChI=1S/C29H34F3NO4S/c1-5-7-21-16-20(10-14-24(21)37-17-26(35)36-6-2)23(34)13-15-25-27(18(3)4)33-28(38-25)19-8-11-22(12-9-19)29(30,31)32/h8-12,14,16,18,25,27H,5-7,13,15,17H2,1-4H3. The molecule has 2 aromatic rings. The molecule has 2 atom stereocenters. The first kappa shape index (κ1) is 29.7. The zero-order valence-electron chi connectivity index (χ0n) is 22.1. The number of aryl methyl sites for hydroxylation is 1. The minimum absolute atomic E-state index is 0.00498. The number of thioether (sulfide) groups is 1. The lowest BCUT2D eigenvalue weighted by atomic mass is 9.95. The van der Waals surface area contributed by atoms with Crippen molar-refractivity contribution < 1.29 is 32.2 Å². The molecule has 206 valence electrons. The number of nitrogens with zero attached hydrogens (tertiary/aromatic N) is 1. The summed E-state index contributed by atoms with van der Waals surface area (Å²) in [7, 11) is 0. The average Bonchev–Trinajstić information content (AvgIpc) is 3.31. The Labute approximate surface area is 226 Å². The van der Waals surface area contributed by atoms with Crippen molar-refractivity contribution in [3.8, 4) is 5.75 Å². The van der Waals surface area contributed by atoms with Gasteiger partial charge in [-0.2, -0.15) is 13.2 Å². The molecule has 0 fully saturated rings. The number of hydrogen-bond acceptors (Lipinski definition) is 6. The van der Waals surface area contributed by atoms with Crippen LogP contribution in [0.15, 0.2) is 47.5 Å². The summed E-state index contributed by atoms with van der Waals surface area (Å²) in [6, 6.07) is 10.3. The monoisotopic (exact) mass is 549 g/mol. The third-order valence-corrected chi connectivity index (χ3v) is 7.64. The van der Waals surface area contributed by atoms with Crippen LogP contribution in [0.5, 0.6) is 5.75 Å². The summed E-state index contributed by atoms with van der Waals surface area (Å²) in [5.41, 5.74) is 1.42. The van der Waals surface area contributed by atoms with Gasteiger partial charge in [0.1, 0.15) is 5.75 Å². The van der Waals surface area contributed by atoms with Crippen molar-refractivity contribution >= 4 is 28.6 Å². The van der Waals surface area contributed by atoms with Crippen LogP contribution in [-0.4, -0.2) is 41.3 Å². The number of esters is 1. The van der Waals surface area contributed by atoms with Gasteiger partial charge in [-0.15, -0.1) is 11.8 Å². The number of Topliss-reactive ketones (excluding diaryl/α,β-unsaturated/α-hetero) is 1. The molecule has 0 aliphatic carbocycles. The first-order chi connectivity index (χ1) is 18.0. The van der Waals surface area contributed by atoms with Gasteiger partial charge in [-0.1, -0.05) is 39.3 Å². The Morgan fingerprint density at radius 1 is 1.08 bits per heavy atom. The summed E-state index contributed by atoms with van der Waals surface area (Å²) in [5, 5.41) is 0.766. The summed E-state index contributed by atoms with van der Waals surface area (Å²) in [4.78, 5) is 29.6. The topological polar surface area (TPSA) is 65.0 Å². The maximum atomic E-state index is 13.1. The Kier molecular flexibility index (Phi) is 10.4. The fourth-order valence-corrected chi connectivity index (χ4v) is 5.82.